The van der Waals surface area contributed by atoms with E-state index in [9.17, 15) is 0 Å². The molecule has 0 saturated carbocycles. The van der Waals surface area contributed by atoms with Gasteiger partial charge in [-0.3, -0.25) is 0 Å². The van der Waals surface area contributed by atoms with Crippen molar-refractivity contribution in [2.24, 2.45) is 17.6 Å². The highest BCUT2D eigenvalue weighted by Crippen LogP contribution is 2.25. The van der Waals surface area contributed by atoms with Crippen LogP contribution in [0.15, 0.2) is 22.7 Å². The van der Waals surface area contributed by atoms with Gasteiger partial charge in [-0.1, -0.05) is 49.7 Å². The molecule has 0 amide bonds. The Hall–Kier alpha value is -0.540. The molecule has 0 spiro atoms. The van der Waals surface area contributed by atoms with Crippen molar-refractivity contribution in [3.05, 3.63) is 28.2 Å². The predicted octanol–water partition coefficient (Wildman–Crippen LogP) is 4.03. The molecule has 0 aliphatic rings. The van der Waals surface area contributed by atoms with Gasteiger partial charge in [0.05, 0.1) is 0 Å². The lowest BCUT2D eigenvalue weighted by atomic mass is 10.1. The minimum atomic E-state index is 0.579. The molecule has 0 aliphatic carbocycles. The van der Waals surface area contributed by atoms with Crippen LogP contribution in [0.3, 0.4) is 0 Å². The van der Waals surface area contributed by atoms with Crippen LogP contribution in [-0.2, 0) is 6.54 Å². The molecule has 0 bridgehead atoms. The van der Waals surface area contributed by atoms with E-state index in [2.05, 4.69) is 66.7 Å². The topological polar surface area (TPSA) is 29.3 Å². The molecule has 0 heterocycles. The third-order valence-electron chi connectivity index (χ3n) is 2.79. The van der Waals surface area contributed by atoms with Crippen LogP contribution in [0.5, 0.6) is 0 Å². The van der Waals surface area contributed by atoms with E-state index in [0.29, 0.717) is 18.4 Å². The number of nitrogens with zero attached hydrogens (tertiary/aromatic N) is 1. The van der Waals surface area contributed by atoms with Gasteiger partial charge in [-0.15, -0.1) is 0 Å². The van der Waals surface area contributed by atoms with Crippen LogP contribution in [-0.4, -0.2) is 13.1 Å². The van der Waals surface area contributed by atoms with E-state index in [0.717, 1.165) is 23.1 Å². The van der Waals surface area contributed by atoms with E-state index in [1.165, 1.54) is 5.69 Å². The van der Waals surface area contributed by atoms with E-state index in [1.807, 2.05) is 0 Å². The molecule has 0 unspecified atom stereocenters. The van der Waals surface area contributed by atoms with E-state index >= 15 is 0 Å². The smallest absolute Gasteiger partial charge is 0.0377 e. The summed E-state index contributed by atoms with van der Waals surface area (Å²) in [6.07, 6.45) is 0. The van der Waals surface area contributed by atoms with Crippen molar-refractivity contribution in [1.82, 2.24) is 0 Å². The maximum atomic E-state index is 5.69. The fourth-order valence-corrected chi connectivity index (χ4v) is 2.59. The van der Waals surface area contributed by atoms with Crippen LogP contribution in [0.25, 0.3) is 0 Å². The summed E-state index contributed by atoms with van der Waals surface area (Å²) < 4.78 is 1.11. The number of halogens is 1. The van der Waals surface area contributed by atoms with Gasteiger partial charge < -0.3 is 10.6 Å². The molecule has 2 N–H and O–H groups in total. The first-order valence-electron chi connectivity index (χ1n) is 6.67. The average molecular weight is 313 g/mol. The summed E-state index contributed by atoms with van der Waals surface area (Å²) in [5.74, 6) is 1.33. The zero-order valence-electron chi connectivity index (χ0n) is 11.9. The first-order chi connectivity index (χ1) is 8.43. The summed E-state index contributed by atoms with van der Waals surface area (Å²) in [6, 6.07) is 6.48. The first-order valence-corrected chi connectivity index (χ1v) is 7.46. The molecule has 0 radical (unpaired) electrons. The molecular formula is C15H25BrN2. The van der Waals surface area contributed by atoms with Gasteiger partial charge >= 0.3 is 0 Å². The van der Waals surface area contributed by atoms with Crippen molar-refractivity contribution in [2.75, 3.05) is 18.0 Å². The lowest BCUT2D eigenvalue weighted by Gasteiger charge is -2.29. The van der Waals surface area contributed by atoms with Crippen molar-refractivity contribution in [1.29, 1.82) is 0 Å². The Kier molecular flexibility index (Phi) is 6.16. The predicted molar refractivity (Wildman–Crippen MR) is 83.9 cm³/mol. The monoisotopic (exact) mass is 312 g/mol. The maximum Gasteiger partial charge on any atom is 0.0377 e. The average Bonchev–Trinajstić information content (AvgIpc) is 2.26. The molecule has 1 rings (SSSR count). The van der Waals surface area contributed by atoms with Crippen LogP contribution in [0.2, 0.25) is 0 Å². The number of hydrogen-bond donors (Lipinski definition) is 1. The molecule has 102 valence electrons. The van der Waals surface area contributed by atoms with Gasteiger partial charge in [-0.2, -0.15) is 0 Å². The molecule has 3 heteroatoms. The zero-order valence-corrected chi connectivity index (χ0v) is 13.5. The van der Waals surface area contributed by atoms with E-state index in [4.69, 9.17) is 5.73 Å². The summed E-state index contributed by atoms with van der Waals surface area (Å²) in [7, 11) is 0. The molecule has 0 atom stereocenters. The first kappa shape index (κ1) is 15.5. The van der Waals surface area contributed by atoms with Crippen LogP contribution in [0.4, 0.5) is 5.69 Å². The van der Waals surface area contributed by atoms with Crippen molar-refractivity contribution >= 4 is 21.6 Å². The Labute approximate surface area is 120 Å². The minimum absolute atomic E-state index is 0.579. The highest BCUT2D eigenvalue weighted by molar-refractivity contribution is 9.10. The maximum absolute atomic E-state index is 5.69. The van der Waals surface area contributed by atoms with Gasteiger partial charge in [0.25, 0.3) is 0 Å². The van der Waals surface area contributed by atoms with Gasteiger partial charge in [0.15, 0.2) is 0 Å². The number of anilines is 1. The van der Waals surface area contributed by atoms with Gasteiger partial charge in [-0.05, 0) is 29.5 Å². The van der Waals surface area contributed by atoms with E-state index in [1.54, 1.807) is 0 Å². The molecule has 1 aromatic rings. The molecular weight excluding hydrogens is 288 g/mol. The molecule has 18 heavy (non-hydrogen) atoms. The fourth-order valence-electron chi connectivity index (χ4n) is 2.07. The van der Waals surface area contributed by atoms with Crippen molar-refractivity contribution in [3.8, 4) is 0 Å². The van der Waals surface area contributed by atoms with Gasteiger partial charge in [-0.25, -0.2) is 0 Å². The molecule has 2 nitrogen and oxygen atoms in total. The Morgan fingerprint density at radius 1 is 1.11 bits per heavy atom. The lowest BCUT2D eigenvalue weighted by Crippen LogP contribution is -2.31. The van der Waals surface area contributed by atoms with Crippen LogP contribution < -0.4 is 10.6 Å². The standard InChI is InChI=1S/C15H25BrN2/c1-11(2)9-18(10-12(3)4)14-6-5-13(8-17)15(16)7-14/h5-7,11-12H,8-10,17H2,1-4H3. The second kappa shape index (κ2) is 7.15. The quantitative estimate of drug-likeness (QED) is 0.859. The number of hydrogen-bond acceptors (Lipinski definition) is 2. The highest BCUT2D eigenvalue weighted by atomic mass is 79.9. The molecule has 1 aromatic carbocycles. The summed E-state index contributed by atoms with van der Waals surface area (Å²) >= 11 is 3.60. The Morgan fingerprint density at radius 2 is 1.67 bits per heavy atom. The van der Waals surface area contributed by atoms with Crippen molar-refractivity contribution in [2.45, 2.75) is 34.2 Å². The molecule has 0 fully saturated rings. The third-order valence-corrected chi connectivity index (χ3v) is 3.53. The second-order valence-corrected chi connectivity index (χ2v) is 6.53. The lowest BCUT2D eigenvalue weighted by molar-refractivity contribution is 0.552. The summed E-state index contributed by atoms with van der Waals surface area (Å²) in [4.78, 5) is 2.46. The highest BCUT2D eigenvalue weighted by Gasteiger charge is 2.11. The molecule has 0 aliphatic heterocycles. The van der Waals surface area contributed by atoms with Gasteiger partial charge in [0.2, 0.25) is 0 Å². The van der Waals surface area contributed by atoms with Crippen LogP contribution in [0.1, 0.15) is 33.3 Å². The summed E-state index contributed by atoms with van der Waals surface area (Å²) in [6.45, 7) is 11.8. The SMILES string of the molecule is CC(C)CN(CC(C)C)c1ccc(CN)c(Br)c1. The van der Waals surface area contributed by atoms with Crippen LogP contribution in [0, 0.1) is 11.8 Å². The molecule has 0 saturated heterocycles. The number of benzene rings is 1. The Balaban J connectivity index is 2.93. The molecule has 0 aromatic heterocycles. The van der Waals surface area contributed by atoms with E-state index in [-0.39, 0.29) is 0 Å². The van der Waals surface area contributed by atoms with E-state index < -0.39 is 0 Å². The number of rotatable bonds is 6. The summed E-state index contributed by atoms with van der Waals surface area (Å²) in [5, 5.41) is 0. The van der Waals surface area contributed by atoms with Crippen molar-refractivity contribution < 1.29 is 0 Å². The summed E-state index contributed by atoms with van der Waals surface area (Å²) in [5.41, 5.74) is 8.13. The normalized spacial score (nSPS) is 11.3. The third kappa shape index (κ3) is 4.62. The number of nitrogens with two attached hydrogens (primary N) is 1. The Morgan fingerprint density at radius 3 is 2.06 bits per heavy atom. The zero-order chi connectivity index (χ0) is 13.7. The van der Waals surface area contributed by atoms with Gasteiger partial charge in [0, 0.05) is 29.8 Å². The minimum Gasteiger partial charge on any atom is -0.371 e. The van der Waals surface area contributed by atoms with Crippen molar-refractivity contribution in [3.63, 3.8) is 0 Å². The fraction of sp³-hybridized carbons (Fsp3) is 0.600. The van der Waals surface area contributed by atoms with Gasteiger partial charge in [0.1, 0.15) is 0 Å². The second-order valence-electron chi connectivity index (χ2n) is 5.67. The Bertz CT molecular complexity index is 365. The van der Waals surface area contributed by atoms with Crippen LogP contribution >= 0.6 is 15.9 Å². The largest absolute Gasteiger partial charge is 0.371 e.